The summed E-state index contributed by atoms with van der Waals surface area (Å²) in [6.45, 7) is 6.49. The third-order valence-electron chi connectivity index (χ3n) is 5.23. The highest BCUT2D eigenvalue weighted by atomic mass is 16.5. The molecule has 29 heavy (non-hydrogen) atoms. The zero-order chi connectivity index (χ0) is 21.4. The van der Waals surface area contributed by atoms with Gasteiger partial charge < -0.3 is 19.7 Å². The Labute approximate surface area is 172 Å². The Morgan fingerprint density at radius 1 is 1.24 bits per heavy atom. The summed E-state index contributed by atoms with van der Waals surface area (Å²) in [6, 6.07) is 7.00. The van der Waals surface area contributed by atoms with Crippen LogP contribution in [0.5, 0.6) is 5.75 Å². The summed E-state index contributed by atoms with van der Waals surface area (Å²) in [5.74, 6) is -0.537. The van der Waals surface area contributed by atoms with Crippen molar-refractivity contribution in [2.24, 2.45) is 5.92 Å². The molecule has 160 valence electrons. The monoisotopic (exact) mass is 404 g/mol. The van der Waals surface area contributed by atoms with Crippen molar-refractivity contribution >= 4 is 17.8 Å². The molecule has 2 amide bonds. The van der Waals surface area contributed by atoms with Crippen LogP contribution in [0.3, 0.4) is 0 Å². The second kappa shape index (κ2) is 10.8. The van der Waals surface area contributed by atoms with Crippen molar-refractivity contribution in [1.29, 1.82) is 0 Å². The molecule has 1 heterocycles. The lowest BCUT2D eigenvalue weighted by atomic mass is 9.84. The van der Waals surface area contributed by atoms with Gasteiger partial charge in [0.1, 0.15) is 5.75 Å². The maximum absolute atomic E-state index is 13.0. The van der Waals surface area contributed by atoms with Crippen LogP contribution in [-0.2, 0) is 19.1 Å². The molecule has 7 heteroatoms. The molecule has 0 radical (unpaired) electrons. The van der Waals surface area contributed by atoms with Crippen molar-refractivity contribution in [1.82, 2.24) is 10.2 Å². The summed E-state index contributed by atoms with van der Waals surface area (Å²) in [7, 11) is 1.59. The average molecular weight is 405 g/mol. The van der Waals surface area contributed by atoms with Gasteiger partial charge in [0.2, 0.25) is 5.91 Å². The molecule has 1 saturated heterocycles. The lowest BCUT2D eigenvalue weighted by molar-refractivity contribution is -0.165. The van der Waals surface area contributed by atoms with Gasteiger partial charge in [-0.2, -0.15) is 0 Å². The van der Waals surface area contributed by atoms with Crippen LogP contribution in [0.25, 0.3) is 0 Å². The van der Waals surface area contributed by atoms with Gasteiger partial charge in [0.25, 0.3) is 5.91 Å². The number of methoxy groups -OCH3 is 1. The minimum absolute atomic E-state index is 0.0418. The molecule has 0 saturated carbocycles. The number of esters is 1. The van der Waals surface area contributed by atoms with E-state index >= 15 is 0 Å². The molecule has 0 aromatic heterocycles. The average Bonchev–Trinajstić information content (AvgIpc) is 2.72. The number of unbranched alkanes of at least 4 members (excludes halogenated alkanes) is 1. The summed E-state index contributed by atoms with van der Waals surface area (Å²) in [5, 5.41) is 2.66. The standard InChI is InChI=1S/C22H32N2O5/c1-5-7-14-24-19(25)13-12-18(22(27)29-15(3)21(26)23-6-2)20(24)16-8-10-17(28-4)11-9-16/h8-11,15,18,20H,5-7,12-14H2,1-4H3,(H,23,26)/t15-,18+,20+/m0/s1. The van der Waals surface area contributed by atoms with Crippen LogP contribution in [0, 0.1) is 5.92 Å². The Morgan fingerprint density at radius 3 is 2.52 bits per heavy atom. The maximum Gasteiger partial charge on any atom is 0.312 e. The van der Waals surface area contributed by atoms with Crippen molar-refractivity contribution in [3.8, 4) is 5.75 Å². The number of benzene rings is 1. The first-order valence-corrected chi connectivity index (χ1v) is 10.3. The fourth-order valence-corrected chi connectivity index (χ4v) is 3.64. The van der Waals surface area contributed by atoms with E-state index in [0.717, 1.165) is 18.4 Å². The molecule has 1 aliphatic rings. The molecule has 1 fully saturated rings. The molecule has 0 spiro atoms. The number of nitrogens with zero attached hydrogens (tertiary/aromatic N) is 1. The van der Waals surface area contributed by atoms with Gasteiger partial charge in [-0.1, -0.05) is 25.5 Å². The van der Waals surface area contributed by atoms with Gasteiger partial charge in [0, 0.05) is 19.5 Å². The lowest BCUT2D eigenvalue weighted by Crippen LogP contribution is -2.47. The topological polar surface area (TPSA) is 84.9 Å². The van der Waals surface area contributed by atoms with E-state index in [0.29, 0.717) is 31.7 Å². The van der Waals surface area contributed by atoms with Gasteiger partial charge in [-0.25, -0.2) is 0 Å². The smallest absolute Gasteiger partial charge is 0.312 e. The fraction of sp³-hybridized carbons (Fsp3) is 0.591. The molecule has 0 aliphatic carbocycles. The van der Waals surface area contributed by atoms with Crippen LogP contribution in [0.15, 0.2) is 24.3 Å². The van der Waals surface area contributed by atoms with E-state index in [9.17, 15) is 14.4 Å². The Kier molecular flexibility index (Phi) is 8.49. The Hall–Kier alpha value is -2.57. The molecular formula is C22H32N2O5. The molecule has 3 atom stereocenters. The second-order valence-electron chi connectivity index (χ2n) is 7.28. The van der Waals surface area contributed by atoms with E-state index in [-0.39, 0.29) is 11.8 Å². The van der Waals surface area contributed by atoms with Crippen LogP contribution in [-0.4, -0.2) is 49.0 Å². The number of hydrogen-bond donors (Lipinski definition) is 1. The van der Waals surface area contributed by atoms with E-state index < -0.39 is 24.0 Å². The van der Waals surface area contributed by atoms with Crippen molar-refractivity contribution in [2.45, 2.75) is 58.6 Å². The number of amides is 2. The number of rotatable bonds is 9. The third-order valence-corrected chi connectivity index (χ3v) is 5.23. The van der Waals surface area contributed by atoms with Gasteiger partial charge in [0.05, 0.1) is 19.1 Å². The highest BCUT2D eigenvalue weighted by Gasteiger charge is 2.42. The van der Waals surface area contributed by atoms with Crippen molar-refractivity contribution < 1.29 is 23.9 Å². The number of carbonyl (C=O) groups excluding carboxylic acids is 3. The molecule has 7 nitrogen and oxygen atoms in total. The molecule has 0 bridgehead atoms. The fourth-order valence-electron chi connectivity index (χ4n) is 3.64. The van der Waals surface area contributed by atoms with E-state index in [2.05, 4.69) is 12.2 Å². The number of likely N-dealkylation sites (tertiary alicyclic amines) is 1. The highest BCUT2D eigenvalue weighted by Crippen LogP contribution is 2.38. The van der Waals surface area contributed by atoms with Crippen LogP contribution >= 0.6 is 0 Å². The van der Waals surface area contributed by atoms with Crippen LogP contribution in [0.4, 0.5) is 0 Å². The lowest BCUT2D eigenvalue weighted by Gasteiger charge is -2.40. The van der Waals surface area contributed by atoms with E-state index in [1.165, 1.54) is 0 Å². The SMILES string of the molecule is CCCCN1C(=O)CC[C@@H](C(=O)O[C@@H](C)C(=O)NCC)[C@H]1c1ccc(OC)cc1. The number of hydrogen-bond acceptors (Lipinski definition) is 5. The number of nitrogens with one attached hydrogen (secondary N) is 1. The quantitative estimate of drug-likeness (QED) is 0.640. The summed E-state index contributed by atoms with van der Waals surface area (Å²) in [6.07, 6.45) is 1.63. The number of ether oxygens (including phenoxy) is 2. The van der Waals surface area contributed by atoms with Gasteiger partial charge in [-0.05, 0) is 44.4 Å². The predicted octanol–water partition coefficient (Wildman–Crippen LogP) is 2.84. The van der Waals surface area contributed by atoms with Crippen molar-refractivity contribution in [3.05, 3.63) is 29.8 Å². The molecular weight excluding hydrogens is 372 g/mol. The van der Waals surface area contributed by atoms with Gasteiger partial charge in [0.15, 0.2) is 6.10 Å². The minimum Gasteiger partial charge on any atom is -0.497 e. The molecule has 1 aliphatic heterocycles. The van der Waals surface area contributed by atoms with Crippen LogP contribution in [0.2, 0.25) is 0 Å². The Balaban J connectivity index is 2.29. The summed E-state index contributed by atoms with van der Waals surface area (Å²) in [4.78, 5) is 39.4. The number of carbonyl (C=O) groups is 3. The normalized spacial score (nSPS) is 20.1. The maximum atomic E-state index is 13.0. The van der Waals surface area contributed by atoms with E-state index in [1.54, 1.807) is 18.9 Å². The first kappa shape index (κ1) is 22.7. The Bertz CT molecular complexity index is 704. The molecule has 1 aromatic rings. The highest BCUT2D eigenvalue weighted by molar-refractivity contribution is 5.86. The number of piperidine rings is 1. The molecule has 0 unspecified atom stereocenters. The largest absolute Gasteiger partial charge is 0.497 e. The third kappa shape index (κ3) is 5.71. The summed E-state index contributed by atoms with van der Waals surface area (Å²) < 4.78 is 10.7. The Morgan fingerprint density at radius 2 is 1.93 bits per heavy atom. The van der Waals surface area contributed by atoms with Gasteiger partial charge in [-0.15, -0.1) is 0 Å². The minimum atomic E-state index is -0.874. The van der Waals surface area contributed by atoms with E-state index in [1.807, 2.05) is 31.2 Å². The van der Waals surface area contributed by atoms with E-state index in [4.69, 9.17) is 9.47 Å². The molecule has 1 aromatic carbocycles. The predicted molar refractivity (Wildman–Crippen MR) is 109 cm³/mol. The van der Waals surface area contributed by atoms with Gasteiger partial charge >= 0.3 is 5.97 Å². The first-order valence-electron chi connectivity index (χ1n) is 10.3. The van der Waals surface area contributed by atoms with Crippen molar-refractivity contribution in [2.75, 3.05) is 20.2 Å². The van der Waals surface area contributed by atoms with Crippen molar-refractivity contribution in [3.63, 3.8) is 0 Å². The zero-order valence-corrected chi connectivity index (χ0v) is 17.8. The summed E-state index contributed by atoms with van der Waals surface area (Å²) >= 11 is 0. The number of likely N-dealkylation sites (N-methyl/N-ethyl adjacent to an activating group) is 1. The summed E-state index contributed by atoms with van der Waals surface area (Å²) in [5.41, 5.74) is 0.863. The first-order chi connectivity index (χ1) is 13.9. The molecule has 1 N–H and O–H groups in total. The second-order valence-corrected chi connectivity index (χ2v) is 7.28. The van der Waals surface area contributed by atoms with Crippen LogP contribution in [0.1, 0.15) is 58.1 Å². The molecule has 2 rings (SSSR count). The zero-order valence-electron chi connectivity index (χ0n) is 17.8. The van der Waals surface area contributed by atoms with Crippen LogP contribution < -0.4 is 10.1 Å². The van der Waals surface area contributed by atoms with Gasteiger partial charge in [-0.3, -0.25) is 14.4 Å².